The number of amides is 1. The Balaban J connectivity index is 1.62. The Labute approximate surface area is 196 Å². The van der Waals surface area contributed by atoms with Crippen molar-refractivity contribution in [3.63, 3.8) is 0 Å². The minimum atomic E-state index is -0.766. The van der Waals surface area contributed by atoms with Gasteiger partial charge in [0.1, 0.15) is 12.3 Å². The number of carbonyl (C=O) groups excluding carboxylic acids is 1. The van der Waals surface area contributed by atoms with E-state index in [0.29, 0.717) is 23.5 Å². The summed E-state index contributed by atoms with van der Waals surface area (Å²) >= 11 is 0. The molecule has 0 aliphatic carbocycles. The van der Waals surface area contributed by atoms with Crippen LogP contribution in [-0.4, -0.2) is 26.6 Å². The Morgan fingerprint density at radius 3 is 2.47 bits per heavy atom. The average molecular weight is 459 g/mol. The number of pyridine rings is 1. The highest BCUT2D eigenvalue weighted by atomic mass is 16.5. The molecule has 8 nitrogen and oxygen atoms in total. The van der Waals surface area contributed by atoms with Gasteiger partial charge in [-0.25, -0.2) is 4.98 Å². The van der Waals surface area contributed by atoms with E-state index in [2.05, 4.69) is 10.3 Å². The third-order valence-electron chi connectivity index (χ3n) is 5.50. The summed E-state index contributed by atoms with van der Waals surface area (Å²) in [4.78, 5) is 43.1. The first-order valence-electron chi connectivity index (χ1n) is 11.1. The van der Waals surface area contributed by atoms with Gasteiger partial charge < -0.3 is 10.1 Å². The number of nitrogens with one attached hydrogen (secondary N) is 1. The normalized spacial score (nSPS) is 10.9. The molecule has 0 aliphatic rings. The lowest BCUT2D eigenvalue weighted by molar-refractivity contribution is -0.121. The fourth-order valence-electron chi connectivity index (χ4n) is 3.76. The largest absolute Gasteiger partial charge is 0.494 e. The predicted octanol–water partition coefficient (Wildman–Crippen LogP) is 2.63. The summed E-state index contributed by atoms with van der Waals surface area (Å²) in [6.07, 6.45) is 1.56. The van der Waals surface area contributed by atoms with E-state index in [9.17, 15) is 14.4 Å². The second kappa shape index (κ2) is 10.2. The third-order valence-corrected chi connectivity index (χ3v) is 5.50. The lowest BCUT2D eigenvalue weighted by Gasteiger charge is -2.15. The van der Waals surface area contributed by atoms with Gasteiger partial charge in [0.15, 0.2) is 5.65 Å². The molecule has 2 heterocycles. The van der Waals surface area contributed by atoms with Gasteiger partial charge in [0.2, 0.25) is 5.91 Å². The van der Waals surface area contributed by atoms with Gasteiger partial charge in [0.05, 0.1) is 18.7 Å². The zero-order chi connectivity index (χ0) is 24.1. The highest BCUT2D eigenvalue weighted by Gasteiger charge is 2.16. The number of nitrogens with zero attached hydrogens (tertiary/aromatic N) is 3. The maximum absolute atomic E-state index is 13.0. The molecule has 2 aromatic carbocycles. The van der Waals surface area contributed by atoms with E-state index in [1.165, 1.54) is 9.13 Å². The average Bonchev–Trinajstić information content (AvgIpc) is 2.85. The van der Waals surface area contributed by atoms with Crippen molar-refractivity contribution in [2.75, 3.05) is 6.61 Å². The summed E-state index contributed by atoms with van der Waals surface area (Å²) < 4.78 is 8.13. The maximum atomic E-state index is 13.0. The first kappa shape index (κ1) is 23.0. The lowest BCUT2D eigenvalue weighted by Crippen LogP contribution is -2.44. The first-order chi connectivity index (χ1) is 16.5. The molecule has 0 atom stereocenters. The number of rotatable bonds is 8. The van der Waals surface area contributed by atoms with Crippen molar-refractivity contribution in [2.45, 2.75) is 33.5 Å². The van der Waals surface area contributed by atoms with Crippen LogP contribution in [0.15, 0.2) is 76.4 Å². The number of para-hydroxylation sites is 1. The van der Waals surface area contributed by atoms with E-state index in [-0.39, 0.29) is 19.6 Å². The molecule has 0 aliphatic heterocycles. The van der Waals surface area contributed by atoms with Crippen LogP contribution in [0.2, 0.25) is 0 Å². The molecule has 0 saturated heterocycles. The van der Waals surface area contributed by atoms with Gasteiger partial charge in [0.25, 0.3) is 0 Å². The Bertz CT molecular complexity index is 1440. The fraction of sp³-hybridized carbons (Fsp3) is 0.231. The van der Waals surface area contributed by atoms with Crippen LogP contribution in [-0.2, 0) is 24.4 Å². The molecular weight excluding hydrogens is 432 g/mol. The molecule has 174 valence electrons. The molecule has 4 aromatic rings. The number of fused-ring (bicyclic) bond motifs is 1. The van der Waals surface area contributed by atoms with Crippen molar-refractivity contribution in [1.82, 2.24) is 19.4 Å². The molecule has 0 saturated carbocycles. The number of hydrogen-bond acceptors (Lipinski definition) is 5. The van der Waals surface area contributed by atoms with Crippen molar-refractivity contribution in [2.24, 2.45) is 0 Å². The molecular formula is C26H26N4O4. The van der Waals surface area contributed by atoms with Gasteiger partial charge in [-0.2, -0.15) is 0 Å². The smallest absolute Gasteiger partial charge is 0.318 e. The molecule has 2 aromatic heterocycles. The molecule has 34 heavy (non-hydrogen) atoms. The number of benzene rings is 2. The van der Waals surface area contributed by atoms with Crippen LogP contribution in [0.4, 0.5) is 0 Å². The summed E-state index contributed by atoms with van der Waals surface area (Å²) in [6.45, 7) is 4.54. The molecule has 4 rings (SSSR count). The monoisotopic (exact) mass is 458 g/mol. The van der Waals surface area contributed by atoms with Gasteiger partial charge in [-0.3, -0.25) is 23.5 Å². The predicted molar refractivity (Wildman–Crippen MR) is 130 cm³/mol. The second-order valence-corrected chi connectivity index (χ2v) is 7.93. The van der Waals surface area contributed by atoms with E-state index in [4.69, 9.17) is 4.74 Å². The van der Waals surface area contributed by atoms with Crippen molar-refractivity contribution < 1.29 is 9.53 Å². The number of carbonyl (C=O) groups is 1. The molecule has 1 N–H and O–H groups in total. The van der Waals surface area contributed by atoms with Crippen LogP contribution >= 0.6 is 0 Å². The van der Waals surface area contributed by atoms with Crippen LogP contribution in [0.3, 0.4) is 0 Å². The molecule has 1 amide bonds. The molecule has 8 heteroatoms. The zero-order valence-electron chi connectivity index (χ0n) is 19.2. The van der Waals surface area contributed by atoms with E-state index in [1.54, 1.807) is 18.3 Å². The van der Waals surface area contributed by atoms with Gasteiger partial charge >= 0.3 is 11.1 Å². The maximum Gasteiger partial charge on any atom is 0.318 e. The summed E-state index contributed by atoms with van der Waals surface area (Å²) in [5, 5.41) is 2.81. The SMILES string of the molecule is CCOc1ccccc1CNC(=O)Cn1c(=O)c(=O)n(Cc2ccc(C)cc2)c2ncccc21. The van der Waals surface area contributed by atoms with Crippen molar-refractivity contribution in [3.8, 4) is 5.75 Å². The van der Waals surface area contributed by atoms with Crippen molar-refractivity contribution in [3.05, 3.63) is 104 Å². The fourth-order valence-corrected chi connectivity index (χ4v) is 3.76. The van der Waals surface area contributed by atoms with E-state index < -0.39 is 17.0 Å². The Morgan fingerprint density at radius 1 is 0.971 bits per heavy atom. The van der Waals surface area contributed by atoms with Gasteiger partial charge in [0, 0.05) is 18.3 Å². The quantitative estimate of drug-likeness (QED) is 0.410. The summed E-state index contributed by atoms with van der Waals surface area (Å²) in [6, 6.07) is 18.5. The van der Waals surface area contributed by atoms with Crippen LogP contribution in [0.5, 0.6) is 5.75 Å². The Hall–Kier alpha value is -4.20. The van der Waals surface area contributed by atoms with Crippen LogP contribution in [0.1, 0.15) is 23.6 Å². The van der Waals surface area contributed by atoms with E-state index in [0.717, 1.165) is 16.7 Å². The minimum Gasteiger partial charge on any atom is -0.494 e. The van der Waals surface area contributed by atoms with Crippen LogP contribution < -0.4 is 21.2 Å². The van der Waals surface area contributed by atoms with E-state index >= 15 is 0 Å². The van der Waals surface area contributed by atoms with Gasteiger partial charge in [-0.05, 0) is 37.6 Å². The first-order valence-corrected chi connectivity index (χ1v) is 11.1. The molecule has 0 unspecified atom stereocenters. The highest BCUT2D eigenvalue weighted by molar-refractivity contribution is 5.78. The molecule has 0 spiro atoms. The summed E-state index contributed by atoms with van der Waals surface area (Å²) in [7, 11) is 0. The Morgan fingerprint density at radius 2 is 1.71 bits per heavy atom. The van der Waals surface area contributed by atoms with Crippen LogP contribution in [0.25, 0.3) is 11.2 Å². The standard InChI is InChI=1S/C26H26N4O4/c1-3-34-22-9-5-4-7-20(22)15-28-23(31)17-29-21-8-6-14-27-24(21)30(26(33)25(29)32)16-19-12-10-18(2)11-13-19/h4-14H,3,15-17H2,1-2H3,(H,28,31). The molecule has 0 bridgehead atoms. The molecule has 0 fully saturated rings. The highest BCUT2D eigenvalue weighted by Crippen LogP contribution is 2.17. The van der Waals surface area contributed by atoms with Gasteiger partial charge in [-0.1, -0.05) is 48.0 Å². The number of aryl methyl sites for hydroxylation is 1. The molecule has 0 radical (unpaired) electrons. The topological polar surface area (TPSA) is 95.2 Å². The van der Waals surface area contributed by atoms with E-state index in [1.807, 2.05) is 62.4 Å². The third kappa shape index (κ3) is 4.91. The Kier molecular flexibility index (Phi) is 6.87. The number of ether oxygens (including phenoxy) is 1. The van der Waals surface area contributed by atoms with Crippen molar-refractivity contribution >= 4 is 17.1 Å². The number of hydrogen-bond donors (Lipinski definition) is 1. The second-order valence-electron chi connectivity index (χ2n) is 7.93. The minimum absolute atomic E-state index is 0.211. The van der Waals surface area contributed by atoms with Crippen LogP contribution in [0, 0.1) is 6.92 Å². The zero-order valence-corrected chi connectivity index (χ0v) is 19.2. The van der Waals surface area contributed by atoms with Crippen molar-refractivity contribution in [1.29, 1.82) is 0 Å². The summed E-state index contributed by atoms with van der Waals surface area (Å²) in [5.74, 6) is 0.296. The number of aromatic nitrogens is 3. The summed E-state index contributed by atoms with van der Waals surface area (Å²) in [5.41, 5.74) is 2.09. The van der Waals surface area contributed by atoms with Gasteiger partial charge in [-0.15, -0.1) is 0 Å². The lowest BCUT2D eigenvalue weighted by atomic mass is 10.1.